The van der Waals surface area contributed by atoms with Gasteiger partial charge in [-0.1, -0.05) is 257 Å². The number of ether oxygens (including phenoxy) is 1. The van der Waals surface area contributed by atoms with Crippen LogP contribution in [0.2, 0.25) is 0 Å². The van der Waals surface area contributed by atoms with Crippen LogP contribution >= 0.6 is 7.82 Å². The molecule has 0 radical (unpaired) electrons. The van der Waals surface area contributed by atoms with Crippen molar-refractivity contribution >= 4 is 19.7 Å². The van der Waals surface area contributed by atoms with Crippen LogP contribution in [0.1, 0.15) is 297 Å². The fraction of sp³-hybridized carbons (Fsp3) is 0.871. The minimum atomic E-state index is -4.44. The largest absolute Gasteiger partial charge is 0.472 e. The first-order chi connectivity index (χ1) is 34.9. The Morgan fingerprint density at radius 2 is 0.847 bits per heavy atom. The van der Waals surface area contributed by atoms with Gasteiger partial charge in [-0.25, -0.2) is 4.57 Å². The van der Waals surface area contributed by atoms with Crippen molar-refractivity contribution in [2.75, 3.05) is 40.9 Å². The molecule has 2 N–H and O–H groups in total. The summed E-state index contributed by atoms with van der Waals surface area (Å²) in [6, 6.07) is -0.845. The lowest BCUT2D eigenvalue weighted by atomic mass is 10.0. The second kappa shape index (κ2) is 52.7. The first kappa shape index (κ1) is 70.2. The molecule has 0 aliphatic carbocycles. The summed E-state index contributed by atoms with van der Waals surface area (Å²) in [5, 5.41) is 3.06. The van der Waals surface area contributed by atoms with Crippen LogP contribution in [0.15, 0.2) is 36.5 Å². The molecule has 3 atom stereocenters. The van der Waals surface area contributed by atoms with Gasteiger partial charge < -0.3 is 19.4 Å². The normalized spacial score (nSPS) is 13.9. The number of nitrogens with one attached hydrogen (secondary N) is 1. The molecule has 10 heteroatoms. The van der Waals surface area contributed by atoms with Crippen LogP contribution < -0.4 is 5.32 Å². The summed E-state index contributed by atoms with van der Waals surface area (Å²) in [5.74, 6) is -0.497. The Bertz CT molecular complexity index is 1330. The lowest BCUT2D eigenvalue weighted by Crippen LogP contribution is -2.47. The van der Waals surface area contributed by atoms with E-state index >= 15 is 0 Å². The van der Waals surface area contributed by atoms with Crippen molar-refractivity contribution in [3.63, 3.8) is 0 Å². The number of amides is 1. The fourth-order valence-corrected chi connectivity index (χ4v) is 9.77. The standard InChI is InChI=1S/C62H119N2O7P/c1-7-10-13-16-19-22-25-28-30-31-32-33-34-37-40-43-46-49-52-55-62(66)71-60(53-50-47-44-41-38-35-27-24-21-18-15-12-9-3)59(58-70-72(67,68)69-57-56-64(4,5)6)63-61(65)54-51-48-45-42-39-36-29-26-23-20-17-14-11-8-2/h19,22,28,30,50,53,59-60H,7-18,20-21,23-27,29,31-49,51-52,54-58H2,1-6H3,(H-,63,65,67,68)/p+1/b22-19-,30-28-,53-50+. The number of phosphoric acid groups is 1. The SMILES string of the molecule is CCCCC/C=C\C/C=C\CCCCCCCCCCCC(=O)OC(/C=C/CCCCCCCCCCCCC)C(COP(=O)(O)OCC[N+](C)(C)C)NC(=O)CCCCCCCCCCCCCCCC. The van der Waals surface area contributed by atoms with Gasteiger partial charge in [0.2, 0.25) is 5.91 Å². The van der Waals surface area contributed by atoms with Gasteiger partial charge >= 0.3 is 13.8 Å². The average Bonchev–Trinajstić information content (AvgIpc) is 3.34. The Labute approximate surface area is 446 Å². The minimum Gasteiger partial charge on any atom is -0.456 e. The number of carbonyl (C=O) groups is 2. The van der Waals surface area contributed by atoms with Crippen LogP contribution in [0.3, 0.4) is 0 Å². The predicted molar refractivity (Wildman–Crippen MR) is 309 cm³/mol. The van der Waals surface area contributed by atoms with Gasteiger partial charge in [0.25, 0.3) is 0 Å². The van der Waals surface area contributed by atoms with Crippen LogP contribution in [0.5, 0.6) is 0 Å². The Hall–Kier alpha value is -1.77. The van der Waals surface area contributed by atoms with E-state index in [0.29, 0.717) is 23.9 Å². The summed E-state index contributed by atoms with van der Waals surface area (Å²) in [6.07, 6.45) is 62.7. The zero-order chi connectivity index (χ0) is 52.9. The highest BCUT2D eigenvalue weighted by Gasteiger charge is 2.30. The predicted octanol–water partition coefficient (Wildman–Crippen LogP) is 18.7. The zero-order valence-corrected chi connectivity index (χ0v) is 49.3. The van der Waals surface area contributed by atoms with E-state index in [1.54, 1.807) is 0 Å². The molecule has 0 aliphatic rings. The van der Waals surface area contributed by atoms with Crippen molar-refractivity contribution in [2.24, 2.45) is 0 Å². The molecule has 0 fully saturated rings. The number of allylic oxidation sites excluding steroid dienone is 5. The molecule has 0 aromatic heterocycles. The molecule has 72 heavy (non-hydrogen) atoms. The van der Waals surface area contributed by atoms with E-state index in [4.69, 9.17) is 13.8 Å². The van der Waals surface area contributed by atoms with Gasteiger partial charge in [0, 0.05) is 12.8 Å². The van der Waals surface area contributed by atoms with E-state index < -0.39 is 20.0 Å². The molecule has 424 valence electrons. The van der Waals surface area contributed by atoms with Gasteiger partial charge in [0.1, 0.15) is 19.3 Å². The van der Waals surface area contributed by atoms with Crippen molar-refractivity contribution in [3.05, 3.63) is 36.5 Å². The lowest BCUT2D eigenvalue weighted by molar-refractivity contribution is -0.870. The molecule has 9 nitrogen and oxygen atoms in total. The van der Waals surface area contributed by atoms with Crippen molar-refractivity contribution in [1.29, 1.82) is 0 Å². The van der Waals surface area contributed by atoms with Gasteiger partial charge in [-0.15, -0.1) is 0 Å². The topological polar surface area (TPSA) is 111 Å². The molecule has 0 aliphatic heterocycles. The van der Waals surface area contributed by atoms with Crippen molar-refractivity contribution in [2.45, 2.75) is 309 Å². The molecule has 0 saturated heterocycles. The van der Waals surface area contributed by atoms with Gasteiger partial charge in [-0.2, -0.15) is 0 Å². The number of hydrogen-bond acceptors (Lipinski definition) is 6. The molecule has 0 saturated carbocycles. The van der Waals surface area contributed by atoms with E-state index in [2.05, 4.69) is 50.4 Å². The van der Waals surface area contributed by atoms with Crippen LogP contribution in [0.4, 0.5) is 0 Å². The van der Waals surface area contributed by atoms with E-state index in [1.807, 2.05) is 33.3 Å². The van der Waals surface area contributed by atoms with E-state index in [9.17, 15) is 19.0 Å². The summed E-state index contributed by atoms with van der Waals surface area (Å²) in [7, 11) is 1.50. The maximum Gasteiger partial charge on any atom is 0.472 e. The number of carbonyl (C=O) groups excluding carboxylic acids is 2. The van der Waals surface area contributed by atoms with Crippen LogP contribution in [0.25, 0.3) is 0 Å². The average molecular weight is 1040 g/mol. The number of hydrogen-bond donors (Lipinski definition) is 2. The molecular formula is C62H120N2O7P+. The third-order valence-corrected chi connectivity index (χ3v) is 14.8. The van der Waals surface area contributed by atoms with Gasteiger partial charge in [0.05, 0.1) is 33.8 Å². The van der Waals surface area contributed by atoms with E-state index in [-0.39, 0.29) is 25.1 Å². The number of phosphoric ester groups is 1. The molecule has 1 amide bonds. The number of esters is 1. The quantitative estimate of drug-likeness (QED) is 0.0205. The van der Waals surface area contributed by atoms with Crippen LogP contribution in [-0.2, 0) is 27.9 Å². The molecule has 0 rings (SSSR count). The number of likely N-dealkylation sites (N-methyl/N-ethyl adjacent to an activating group) is 1. The Morgan fingerprint density at radius 1 is 0.486 bits per heavy atom. The first-order valence-electron chi connectivity index (χ1n) is 30.8. The Kier molecular flexibility index (Phi) is 51.4. The molecule has 0 heterocycles. The number of unbranched alkanes of at least 4 members (excludes halogenated alkanes) is 36. The smallest absolute Gasteiger partial charge is 0.456 e. The molecule has 0 aromatic carbocycles. The van der Waals surface area contributed by atoms with Gasteiger partial charge in [-0.05, 0) is 63.9 Å². The molecule has 0 spiro atoms. The Balaban J connectivity index is 5.27. The summed E-state index contributed by atoms with van der Waals surface area (Å²) in [6.45, 7) is 7.02. The third-order valence-electron chi connectivity index (χ3n) is 13.8. The number of quaternary nitrogens is 1. The first-order valence-corrected chi connectivity index (χ1v) is 32.3. The highest BCUT2D eigenvalue weighted by Crippen LogP contribution is 2.43. The van der Waals surface area contributed by atoms with Gasteiger partial charge in [0.15, 0.2) is 0 Å². The number of rotatable bonds is 56. The van der Waals surface area contributed by atoms with E-state index in [1.165, 1.54) is 199 Å². The third kappa shape index (κ3) is 53.1. The second-order valence-electron chi connectivity index (χ2n) is 22.2. The molecule has 0 bridgehead atoms. The summed E-state index contributed by atoms with van der Waals surface area (Å²) < 4.78 is 30.7. The van der Waals surface area contributed by atoms with Crippen molar-refractivity contribution in [1.82, 2.24) is 5.32 Å². The van der Waals surface area contributed by atoms with Crippen molar-refractivity contribution in [3.8, 4) is 0 Å². The van der Waals surface area contributed by atoms with Crippen LogP contribution in [-0.4, -0.2) is 74.3 Å². The highest BCUT2D eigenvalue weighted by molar-refractivity contribution is 7.47. The van der Waals surface area contributed by atoms with Crippen LogP contribution in [0, 0.1) is 0 Å². The maximum atomic E-state index is 13.5. The maximum absolute atomic E-state index is 13.5. The Morgan fingerprint density at radius 3 is 1.28 bits per heavy atom. The fourth-order valence-electron chi connectivity index (χ4n) is 9.03. The lowest BCUT2D eigenvalue weighted by Gasteiger charge is -2.27. The van der Waals surface area contributed by atoms with Gasteiger partial charge in [-0.3, -0.25) is 18.6 Å². The second-order valence-corrected chi connectivity index (χ2v) is 23.7. The van der Waals surface area contributed by atoms with E-state index in [0.717, 1.165) is 64.2 Å². The minimum absolute atomic E-state index is 0.0419. The molecular weight excluding hydrogens is 916 g/mol. The molecule has 0 aromatic rings. The number of nitrogens with zero attached hydrogens (tertiary/aromatic N) is 1. The highest BCUT2D eigenvalue weighted by atomic mass is 31.2. The summed E-state index contributed by atoms with van der Waals surface area (Å²) in [4.78, 5) is 37.7. The molecule has 3 unspecified atom stereocenters. The zero-order valence-electron chi connectivity index (χ0n) is 48.4. The van der Waals surface area contributed by atoms with Crippen molar-refractivity contribution < 1.29 is 37.3 Å². The summed E-state index contributed by atoms with van der Waals surface area (Å²) in [5.41, 5.74) is 0. The monoisotopic (exact) mass is 1040 g/mol. The summed E-state index contributed by atoms with van der Waals surface area (Å²) >= 11 is 0.